The van der Waals surface area contributed by atoms with Gasteiger partial charge in [0.15, 0.2) is 0 Å². The topological polar surface area (TPSA) is 57.8 Å². The van der Waals surface area contributed by atoms with Crippen LogP contribution < -0.4 is 5.32 Å². The van der Waals surface area contributed by atoms with Gasteiger partial charge in [-0.3, -0.25) is 9.78 Å². The summed E-state index contributed by atoms with van der Waals surface area (Å²) in [5.41, 5.74) is 6.37. The van der Waals surface area contributed by atoms with Crippen LogP contribution in [0.25, 0.3) is 32.7 Å². The van der Waals surface area contributed by atoms with Crippen LogP contribution >= 0.6 is 0 Å². The van der Waals surface area contributed by atoms with Crippen molar-refractivity contribution in [1.82, 2.24) is 9.97 Å². The molecule has 4 heteroatoms. The van der Waals surface area contributed by atoms with E-state index in [-0.39, 0.29) is 5.91 Å². The lowest BCUT2D eigenvalue weighted by atomic mass is 10.0. The first-order valence-electron chi connectivity index (χ1n) is 7.62. The number of anilines is 1. The van der Waals surface area contributed by atoms with Gasteiger partial charge in [0.2, 0.25) is 5.91 Å². The molecular formula is C19H17N3O. The maximum atomic E-state index is 11.2. The molecule has 4 nitrogen and oxygen atoms in total. The molecule has 0 radical (unpaired) electrons. The minimum Gasteiger partial charge on any atom is -0.354 e. The Kier molecular flexibility index (Phi) is 2.88. The van der Waals surface area contributed by atoms with Crippen LogP contribution in [0.3, 0.4) is 0 Å². The largest absolute Gasteiger partial charge is 0.354 e. The molecule has 0 bridgehead atoms. The molecule has 114 valence electrons. The van der Waals surface area contributed by atoms with Gasteiger partial charge < -0.3 is 10.3 Å². The van der Waals surface area contributed by atoms with E-state index in [2.05, 4.69) is 41.3 Å². The van der Waals surface area contributed by atoms with Gasteiger partial charge in [0, 0.05) is 40.5 Å². The van der Waals surface area contributed by atoms with Crippen LogP contribution in [0.2, 0.25) is 0 Å². The summed E-state index contributed by atoms with van der Waals surface area (Å²) in [6, 6.07) is 10.2. The Morgan fingerprint density at radius 3 is 2.61 bits per heavy atom. The monoisotopic (exact) mass is 303 g/mol. The molecule has 0 saturated carbocycles. The van der Waals surface area contributed by atoms with Crippen molar-refractivity contribution in [2.45, 2.75) is 20.8 Å². The molecule has 0 fully saturated rings. The first-order valence-corrected chi connectivity index (χ1v) is 7.62. The predicted molar refractivity (Wildman–Crippen MR) is 94.9 cm³/mol. The maximum absolute atomic E-state index is 11.2. The molecule has 2 heterocycles. The van der Waals surface area contributed by atoms with Crippen molar-refractivity contribution in [1.29, 1.82) is 0 Å². The van der Waals surface area contributed by atoms with Crippen molar-refractivity contribution >= 4 is 44.3 Å². The number of carbonyl (C=O) groups is 1. The van der Waals surface area contributed by atoms with Crippen molar-refractivity contribution in [3.8, 4) is 0 Å². The number of nitrogens with zero attached hydrogens (tertiary/aromatic N) is 1. The number of nitrogens with one attached hydrogen (secondary N) is 2. The normalized spacial score (nSPS) is 11.4. The molecule has 0 unspecified atom stereocenters. The van der Waals surface area contributed by atoms with Crippen LogP contribution in [-0.2, 0) is 4.79 Å². The highest BCUT2D eigenvalue weighted by atomic mass is 16.1. The molecule has 0 aliphatic heterocycles. The Morgan fingerprint density at radius 2 is 1.83 bits per heavy atom. The fraction of sp³-hybridized carbons (Fsp3) is 0.158. The van der Waals surface area contributed by atoms with E-state index >= 15 is 0 Å². The molecule has 0 atom stereocenters. The molecule has 4 aromatic rings. The van der Waals surface area contributed by atoms with Crippen molar-refractivity contribution in [3.05, 3.63) is 47.7 Å². The van der Waals surface area contributed by atoms with E-state index in [9.17, 15) is 4.79 Å². The second-order valence-electron chi connectivity index (χ2n) is 6.07. The van der Waals surface area contributed by atoms with E-state index in [1.165, 1.54) is 18.1 Å². The van der Waals surface area contributed by atoms with E-state index < -0.39 is 0 Å². The van der Waals surface area contributed by atoms with Gasteiger partial charge in [-0.1, -0.05) is 6.07 Å². The second kappa shape index (κ2) is 4.81. The Morgan fingerprint density at radius 1 is 1.04 bits per heavy atom. The smallest absolute Gasteiger partial charge is 0.221 e. The van der Waals surface area contributed by atoms with Gasteiger partial charge in [0.05, 0.1) is 11.0 Å². The number of hydrogen-bond acceptors (Lipinski definition) is 2. The summed E-state index contributed by atoms with van der Waals surface area (Å²) in [6.45, 7) is 5.73. The zero-order valence-corrected chi connectivity index (χ0v) is 13.3. The van der Waals surface area contributed by atoms with Crippen molar-refractivity contribution in [2.75, 3.05) is 5.32 Å². The lowest BCUT2D eigenvalue weighted by Gasteiger charge is -2.04. The van der Waals surface area contributed by atoms with Crippen LogP contribution in [0, 0.1) is 13.8 Å². The number of benzene rings is 2. The summed E-state index contributed by atoms with van der Waals surface area (Å²) in [5.74, 6) is -0.0707. The van der Waals surface area contributed by atoms with Crippen molar-refractivity contribution in [3.63, 3.8) is 0 Å². The fourth-order valence-corrected chi connectivity index (χ4v) is 3.09. The number of aromatic amines is 1. The van der Waals surface area contributed by atoms with Crippen LogP contribution in [0.1, 0.15) is 18.1 Å². The summed E-state index contributed by atoms with van der Waals surface area (Å²) < 4.78 is 0. The minimum absolute atomic E-state index is 0.0707. The van der Waals surface area contributed by atoms with Gasteiger partial charge >= 0.3 is 0 Å². The molecular weight excluding hydrogens is 286 g/mol. The molecule has 2 aromatic heterocycles. The number of aryl methyl sites for hydroxylation is 2. The first kappa shape index (κ1) is 13.8. The third kappa shape index (κ3) is 2.14. The SMILES string of the molecule is CC(=O)Nc1ccc2c(c1)[nH]c1c3cc(C)c(C)cc3ncc21. The third-order valence-electron chi connectivity index (χ3n) is 4.37. The number of hydrogen-bond donors (Lipinski definition) is 2. The highest BCUT2D eigenvalue weighted by molar-refractivity contribution is 6.16. The van der Waals surface area contributed by atoms with Crippen LogP contribution in [0.15, 0.2) is 36.5 Å². The van der Waals surface area contributed by atoms with Crippen LogP contribution in [-0.4, -0.2) is 15.9 Å². The number of fused-ring (bicyclic) bond motifs is 5. The number of H-pyrrole nitrogens is 1. The standard InChI is InChI=1S/C19H17N3O/c1-10-6-15-17(7-11(10)2)20-9-16-14-5-4-13(21-12(3)23)8-18(14)22-19(15)16/h4-9,22H,1-3H3,(H,21,23). The minimum atomic E-state index is -0.0707. The average Bonchev–Trinajstić information content (AvgIpc) is 2.86. The zero-order valence-electron chi connectivity index (χ0n) is 13.3. The quantitative estimate of drug-likeness (QED) is 0.546. The van der Waals surface area contributed by atoms with Gasteiger partial charge in [-0.2, -0.15) is 0 Å². The zero-order chi connectivity index (χ0) is 16.1. The molecule has 1 amide bonds. The molecule has 0 aliphatic carbocycles. The second-order valence-corrected chi connectivity index (χ2v) is 6.07. The number of aromatic nitrogens is 2. The van der Waals surface area contributed by atoms with Crippen LogP contribution in [0.4, 0.5) is 5.69 Å². The number of amides is 1. The molecule has 0 spiro atoms. The number of rotatable bonds is 1. The van der Waals surface area contributed by atoms with Gasteiger partial charge in [0.1, 0.15) is 0 Å². The highest BCUT2D eigenvalue weighted by Crippen LogP contribution is 2.32. The Bertz CT molecular complexity index is 1090. The molecule has 2 aromatic carbocycles. The van der Waals surface area contributed by atoms with Gasteiger partial charge in [-0.25, -0.2) is 0 Å². The van der Waals surface area contributed by atoms with Gasteiger partial charge in [-0.15, -0.1) is 0 Å². The van der Waals surface area contributed by atoms with E-state index in [1.54, 1.807) is 0 Å². The third-order valence-corrected chi connectivity index (χ3v) is 4.37. The number of carbonyl (C=O) groups excluding carboxylic acids is 1. The average molecular weight is 303 g/mol. The molecule has 2 N–H and O–H groups in total. The molecule has 4 rings (SSSR count). The molecule has 0 saturated heterocycles. The Hall–Kier alpha value is -2.88. The molecule has 0 aliphatic rings. The molecule has 23 heavy (non-hydrogen) atoms. The Balaban J connectivity index is 2.04. The van der Waals surface area contributed by atoms with Crippen LogP contribution in [0.5, 0.6) is 0 Å². The first-order chi connectivity index (χ1) is 11.0. The van der Waals surface area contributed by atoms with E-state index in [4.69, 9.17) is 0 Å². The maximum Gasteiger partial charge on any atom is 0.221 e. The van der Waals surface area contributed by atoms with Crippen molar-refractivity contribution < 1.29 is 4.79 Å². The van der Waals surface area contributed by atoms with E-state index in [0.717, 1.165) is 38.4 Å². The predicted octanol–water partition coefficient (Wildman–Crippen LogP) is 4.44. The van der Waals surface area contributed by atoms with Gasteiger partial charge in [-0.05, 0) is 49.2 Å². The summed E-state index contributed by atoms with van der Waals surface area (Å²) >= 11 is 0. The number of pyridine rings is 1. The van der Waals surface area contributed by atoms with Gasteiger partial charge in [0.25, 0.3) is 0 Å². The summed E-state index contributed by atoms with van der Waals surface area (Å²) in [4.78, 5) is 19.3. The Labute approximate surface area is 133 Å². The van der Waals surface area contributed by atoms with E-state index in [1.807, 2.05) is 24.4 Å². The lowest BCUT2D eigenvalue weighted by Crippen LogP contribution is -2.05. The summed E-state index contributed by atoms with van der Waals surface area (Å²) in [5, 5.41) is 6.16. The summed E-state index contributed by atoms with van der Waals surface area (Å²) in [6.07, 6.45) is 1.92. The van der Waals surface area contributed by atoms with Crippen molar-refractivity contribution in [2.24, 2.45) is 0 Å². The fourth-order valence-electron chi connectivity index (χ4n) is 3.09. The highest BCUT2D eigenvalue weighted by Gasteiger charge is 2.10. The van der Waals surface area contributed by atoms with E-state index in [0.29, 0.717) is 0 Å². The summed E-state index contributed by atoms with van der Waals surface area (Å²) in [7, 11) is 0. The lowest BCUT2D eigenvalue weighted by molar-refractivity contribution is -0.114.